The Morgan fingerprint density at radius 3 is 2.14 bits per heavy atom. The predicted molar refractivity (Wildman–Crippen MR) is 81.0 cm³/mol. The molecule has 104 valence electrons. The van der Waals surface area contributed by atoms with Crippen molar-refractivity contribution in [3.8, 4) is 0 Å². The fourth-order valence-electron chi connectivity index (χ4n) is 2.61. The number of carbonyl (C=O) groups is 1. The van der Waals surface area contributed by atoms with Crippen molar-refractivity contribution < 1.29 is 15.0 Å². The number of hydrogen-bond donors (Lipinski definition) is 2. The lowest BCUT2D eigenvalue weighted by Gasteiger charge is -2.26. The Balaban J connectivity index is 2.34. The Bertz CT molecular complexity index is 790. The molecule has 0 fully saturated rings. The van der Waals surface area contributed by atoms with Gasteiger partial charge >= 0.3 is 5.97 Å². The molecule has 1 unspecified atom stereocenters. The predicted octanol–water partition coefficient (Wildman–Crippen LogP) is 3.16. The number of carboxylic acid groups (broad SMARTS) is 1. The molecule has 0 heterocycles. The number of carboxylic acids is 1. The van der Waals surface area contributed by atoms with Crippen LogP contribution in [0.25, 0.3) is 10.8 Å². The summed E-state index contributed by atoms with van der Waals surface area (Å²) in [4.78, 5) is 11.8. The second kappa shape index (κ2) is 5.04. The van der Waals surface area contributed by atoms with Gasteiger partial charge in [-0.25, -0.2) is 4.79 Å². The molecule has 0 radical (unpaired) electrons. The van der Waals surface area contributed by atoms with Crippen molar-refractivity contribution in [2.75, 3.05) is 0 Å². The summed E-state index contributed by atoms with van der Waals surface area (Å²) >= 11 is 0. The van der Waals surface area contributed by atoms with E-state index in [1.807, 2.05) is 30.3 Å². The topological polar surface area (TPSA) is 57.5 Å². The van der Waals surface area contributed by atoms with Crippen LogP contribution in [0.1, 0.15) is 11.1 Å². The number of rotatable bonds is 3. The summed E-state index contributed by atoms with van der Waals surface area (Å²) in [7, 11) is 0. The van der Waals surface area contributed by atoms with Gasteiger partial charge in [-0.05, 0) is 16.3 Å². The zero-order valence-electron chi connectivity index (χ0n) is 11.2. The Morgan fingerprint density at radius 2 is 1.43 bits per heavy atom. The van der Waals surface area contributed by atoms with Gasteiger partial charge < -0.3 is 10.2 Å². The molecule has 21 heavy (non-hydrogen) atoms. The number of aliphatic hydroxyl groups is 1. The van der Waals surface area contributed by atoms with Crippen LogP contribution in [0.2, 0.25) is 0 Å². The largest absolute Gasteiger partial charge is 0.479 e. The average molecular weight is 278 g/mol. The van der Waals surface area contributed by atoms with Gasteiger partial charge in [0.15, 0.2) is 0 Å². The molecule has 3 heteroatoms. The second-order valence-electron chi connectivity index (χ2n) is 4.91. The highest BCUT2D eigenvalue weighted by molar-refractivity contribution is 5.94. The molecule has 3 nitrogen and oxygen atoms in total. The fraction of sp³-hybridized carbons (Fsp3) is 0.0556. The standard InChI is InChI=1S/C18H14O3/c19-17(20)18(21,14-9-2-1-3-10-14)16-12-6-8-13-7-4-5-11-15(13)16/h1-12,21H,(H,19,20). The van der Waals surface area contributed by atoms with Crippen LogP contribution in [-0.4, -0.2) is 16.2 Å². The highest BCUT2D eigenvalue weighted by Gasteiger charge is 2.41. The van der Waals surface area contributed by atoms with Gasteiger partial charge in [0, 0.05) is 5.56 Å². The second-order valence-corrected chi connectivity index (χ2v) is 4.91. The van der Waals surface area contributed by atoms with Crippen molar-refractivity contribution in [3.05, 3.63) is 83.9 Å². The zero-order valence-corrected chi connectivity index (χ0v) is 11.2. The first-order chi connectivity index (χ1) is 10.1. The lowest BCUT2D eigenvalue weighted by atomic mass is 9.83. The SMILES string of the molecule is O=C(O)C(O)(c1ccccc1)c1cccc2ccccc12. The van der Waals surface area contributed by atoms with E-state index in [1.54, 1.807) is 42.5 Å². The molecular weight excluding hydrogens is 264 g/mol. The molecule has 0 spiro atoms. The van der Waals surface area contributed by atoms with Crippen molar-refractivity contribution >= 4 is 16.7 Å². The summed E-state index contributed by atoms with van der Waals surface area (Å²) in [5, 5.41) is 22.2. The van der Waals surface area contributed by atoms with Gasteiger partial charge in [-0.1, -0.05) is 72.8 Å². The maximum absolute atomic E-state index is 11.8. The molecule has 0 aliphatic rings. The Kier molecular flexibility index (Phi) is 3.20. The first-order valence-corrected chi connectivity index (χ1v) is 6.63. The van der Waals surface area contributed by atoms with E-state index in [9.17, 15) is 15.0 Å². The van der Waals surface area contributed by atoms with E-state index in [0.717, 1.165) is 10.8 Å². The van der Waals surface area contributed by atoms with E-state index >= 15 is 0 Å². The normalized spacial score (nSPS) is 13.8. The van der Waals surface area contributed by atoms with Gasteiger partial charge in [-0.3, -0.25) is 0 Å². The van der Waals surface area contributed by atoms with Crippen molar-refractivity contribution in [2.45, 2.75) is 5.60 Å². The van der Waals surface area contributed by atoms with Crippen molar-refractivity contribution in [2.24, 2.45) is 0 Å². The molecule has 0 amide bonds. The minimum absolute atomic E-state index is 0.342. The smallest absolute Gasteiger partial charge is 0.345 e. The molecule has 0 aliphatic carbocycles. The van der Waals surface area contributed by atoms with Crippen LogP contribution in [0.4, 0.5) is 0 Å². The van der Waals surface area contributed by atoms with Gasteiger partial charge in [-0.15, -0.1) is 0 Å². The van der Waals surface area contributed by atoms with Crippen LogP contribution in [0.15, 0.2) is 72.8 Å². The highest BCUT2D eigenvalue weighted by Crippen LogP contribution is 2.34. The Hall–Kier alpha value is -2.65. The molecular formula is C18H14O3. The molecule has 0 saturated heterocycles. The van der Waals surface area contributed by atoms with Crippen LogP contribution in [-0.2, 0) is 10.4 Å². The Morgan fingerprint density at radius 1 is 0.810 bits per heavy atom. The third-order valence-electron chi connectivity index (χ3n) is 3.68. The summed E-state index contributed by atoms with van der Waals surface area (Å²) in [5.74, 6) is -1.29. The van der Waals surface area contributed by atoms with Gasteiger partial charge in [0.05, 0.1) is 0 Å². The minimum Gasteiger partial charge on any atom is -0.479 e. The summed E-state index contributed by atoms with van der Waals surface area (Å²) in [6.45, 7) is 0. The van der Waals surface area contributed by atoms with Gasteiger partial charge in [0.1, 0.15) is 0 Å². The third-order valence-corrected chi connectivity index (χ3v) is 3.68. The molecule has 3 rings (SSSR count). The van der Waals surface area contributed by atoms with Crippen LogP contribution < -0.4 is 0 Å². The molecule has 0 aliphatic heterocycles. The fourth-order valence-corrected chi connectivity index (χ4v) is 2.61. The van der Waals surface area contributed by atoms with Gasteiger partial charge in [-0.2, -0.15) is 0 Å². The quantitative estimate of drug-likeness (QED) is 0.773. The van der Waals surface area contributed by atoms with Crippen LogP contribution in [0.3, 0.4) is 0 Å². The zero-order chi connectivity index (χ0) is 14.9. The summed E-state index contributed by atoms with van der Waals surface area (Å²) < 4.78 is 0. The molecule has 3 aromatic carbocycles. The van der Waals surface area contributed by atoms with Crippen molar-refractivity contribution in [3.63, 3.8) is 0 Å². The maximum atomic E-state index is 11.8. The number of hydrogen-bond acceptors (Lipinski definition) is 2. The van der Waals surface area contributed by atoms with E-state index in [4.69, 9.17) is 0 Å². The van der Waals surface area contributed by atoms with Gasteiger partial charge in [0.25, 0.3) is 0 Å². The molecule has 2 N–H and O–H groups in total. The molecule has 0 bridgehead atoms. The first kappa shape index (κ1) is 13.3. The van der Waals surface area contributed by atoms with E-state index in [-0.39, 0.29) is 0 Å². The van der Waals surface area contributed by atoms with E-state index in [1.165, 1.54) is 0 Å². The number of benzene rings is 3. The van der Waals surface area contributed by atoms with Crippen LogP contribution in [0.5, 0.6) is 0 Å². The van der Waals surface area contributed by atoms with E-state index in [0.29, 0.717) is 11.1 Å². The highest BCUT2D eigenvalue weighted by atomic mass is 16.4. The Labute approximate surface area is 122 Å². The lowest BCUT2D eigenvalue weighted by Crippen LogP contribution is -2.37. The first-order valence-electron chi connectivity index (χ1n) is 6.63. The van der Waals surface area contributed by atoms with Gasteiger partial charge in [0.2, 0.25) is 5.60 Å². The summed E-state index contributed by atoms with van der Waals surface area (Å²) in [6, 6.07) is 21.2. The summed E-state index contributed by atoms with van der Waals surface area (Å²) in [6.07, 6.45) is 0. The average Bonchev–Trinajstić information content (AvgIpc) is 2.54. The van der Waals surface area contributed by atoms with Crippen molar-refractivity contribution in [1.29, 1.82) is 0 Å². The molecule has 0 aromatic heterocycles. The molecule has 0 saturated carbocycles. The number of aliphatic carboxylic acids is 1. The monoisotopic (exact) mass is 278 g/mol. The van der Waals surface area contributed by atoms with Crippen LogP contribution in [0, 0.1) is 0 Å². The van der Waals surface area contributed by atoms with Crippen LogP contribution >= 0.6 is 0 Å². The maximum Gasteiger partial charge on any atom is 0.345 e. The summed E-state index contributed by atoms with van der Waals surface area (Å²) in [5.41, 5.74) is -1.35. The minimum atomic E-state index is -2.07. The molecule has 1 atom stereocenters. The number of fused-ring (bicyclic) bond motifs is 1. The van der Waals surface area contributed by atoms with E-state index < -0.39 is 11.6 Å². The lowest BCUT2D eigenvalue weighted by molar-refractivity contribution is -0.154. The van der Waals surface area contributed by atoms with E-state index in [2.05, 4.69) is 0 Å². The molecule has 3 aromatic rings. The van der Waals surface area contributed by atoms with Crippen molar-refractivity contribution in [1.82, 2.24) is 0 Å². The third kappa shape index (κ3) is 2.08.